The predicted molar refractivity (Wildman–Crippen MR) is 294 cm³/mol. The standard InChI is InChI=1S/C68H52N3.Ir/c1-46-37-38-69-67(39-46)57-28-24-50(25-29-57)19-21-52-41-51(20-18-49-22-26-56(27-23-49)65-36-17-47(2)45-70-65)42-59(43-52)61-14-7-8-15-62(61)63-35-34-58(68-40-48(3)60-13-9-10-16-66(60)71-68)44-64(63)55-32-30-54(31-33-55)53-11-5-4-6-12-53;/h4-17,22-26,28,30-33,35-45H,18-21H2,1-3H3;/q-3;+3. The molecule has 4 heteroatoms. The molecule has 0 saturated carbocycles. The number of hydrogen-bond acceptors (Lipinski definition) is 3. The molecule has 0 N–H and O–H groups in total. The summed E-state index contributed by atoms with van der Waals surface area (Å²) >= 11 is 0. The molecule has 0 aliphatic heterocycles. The Hall–Kier alpha value is -7.88. The normalized spacial score (nSPS) is 11.1. The number of nitrogens with zero attached hydrogens (tertiary/aromatic N) is 3. The van der Waals surface area contributed by atoms with Gasteiger partial charge >= 0.3 is 20.1 Å². The molecule has 11 aromatic rings. The van der Waals surface area contributed by atoms with Crippen LogP contribution in [0.3, 0.4) is 0 Å². The summed E-state index contributed by atoms with van der Waals surface area (Å²) in [6.07, 6.45) is 7.36. The average Bonchev–Trinajstić information content (AvgIpc) is 3.42. The molecule has 11 rings (SSSR count). The van der Waals surface area contributed by atoms with Crippen LogP contribution in [0.5, 0.6) is 0 Å². The number of benzene rings is 8. The van der Waals surface area contributed by atoms with Crippen LogP contribution in [-0.4, -0.2) is 15.0 Å². The molecule has 3 heterocycles. The van der Waals surface area contributed by atoms with E-state index in [9.17, 15) is 0 Å². The Bertz CT molecular complexity index is 3640. The molecule has 348 valence electrons. The van der Waals surface area contributed by atoms with Crippen LogP contribution in [0.4, 0.5) is 0 Å². The van der Waals surface area contributed by atoms with Crippen molar-refractivity contribution in [3.05, 3.63) is 270 Å². The number of rotatable bonds is 13. The van der Waals surface area contributed by atoms with E-state index in [-0.39, 0.29) is 20.1 Å². The van der Waals surface area contributed by atoms with Crippen molar-refractivity contribution in [3.63, 3.8) is 0 Å². The van der Waals surface area contributed by atoms with E-state index in [1.165, 1.54) is 61.0 Å². The second-order valence-electron chi connectivity index (χ2n) is 18.7. The first kappa shape index (κ1) is 47.8. The minimum Gasteiger partial charge on any atom is -0.305 e. The van der Waals surface area contributed by atoms with Gasteiger partial charge in [0.05, 0.1) is 5.52 Å². The second-order valence-corrected chi connectivity index (χ2v) is 18.7. The molecule has 0 unspecified atom stereocenters. The molecule has 0 fully saturated rings. The average molecular weight is 1100 g/mol. The molecule has 0 radical (unpaired) electrons. The predicted octanol–water partition coefficient (Wildman–Crippen LogP) is 16.6. The maximum absolute atomic E-state index is 5.16. The van der Waals surface area contributed by atoms with Gasteiger partial charge in [0.1, 0.15) is 0 Å². The van der Waals surface area contributed by atoms with Gasteiger partial charge in [0, 0.05) is 17.8 Å². The molecule has 0 atom stereocenters. The quantitative estimate of drug-likeness (QED) is 0.108. The first-order chi connectivity index (χ1) is 34.9. The SMILES string of the molecule is Cc1ccc(-c2[c-]cc(CCc3cc(CCc4c[c-]c(-c5cc(C)ccn5)cc4)cc(-c4ccccc4-c4c[c-]c(-c5cc(C)c6ccccc6n5)cc4-c4ccc(-c5ccccc5)cc4)c3)cc2)nc1.[Ir+3]. The summed E-state index contributed by atoms with van der Waals surface area (Å²) in [4.78, 5) is 14.4. The molecule has 3 aromatic heterocycles. The Kier molecular flexibility index (Phi) is 14.4. The van der Waals surface area contributed by atoms with E-state index in [1.54, 1.807) is 0 Å². The van der Waals surface area contributed by atoms with Gasteiger partial charge in [-0.25, -0.2) is 0 Å². The summed E-state index contributed by atoms with van der Waals surface area (Å²) in [6, 6.07) is 82.8. The van der Waals surface area contributed by atoms with Crippen LogP contribution in [-0.2, 0) is 45.8 Å². The Morgan fingerprint density at radius 2 is 1.00 bits per heavy atom. The molecular formula is C68H52IrN3. The van der Waals surface area contributed by atoms with Gasteiger partial charge < -0.3 is 9.97 Å². The van der Waals surface area contributed by atoms with Crippen molar-refractivity contribution >= 4 is 10.9 Å². The van der Waals surface area contributed by atoms with E-state index in [4.69, 9.17) is 4.98 Å². The fourth-order valence-electron chi connectivity index (χ4n) is 9.67. The summed E-state index contributed by atoms with van der Waals surface area (Å²) in [5.74, 6) is 0. The summed E-state index contributed by atoms with van der Waals surface area (Å²) in [7, 11) is 0. The van der Waals surface area contributed by atoms with E-state index >= 15 is 0 Å². The maximum Gasteiger partial charge on any atom is 3.00 e. The van der Waals surface area contributed by atoms with Gasteiger partial charge in [-0.3, -0.25) is 4.98 Å². The van der Waals surface area contributed by atoms with Crippen molar-refractivity contribution in [1.29, 1.82) is 0 Å². The van der Waals surface area contributed by atoms with Crippen molar-refractivity contribution in [2.45, 2.75) is 46.5 Å². The van der Waals surface area contributed by atoms with E-state index < -0.39 is 0 Å². The Balaban J connectivity index is 0.00000596. The molecule has 0 aliphatic rings. The fourth-order valence-corrected chi connectivity index (χ4v) is 9.67. The maximum atomic E-state index is 5.16. The van der Waals surface area contributed by atoms with Crippen LogP contribution in [0, 0.1) is 39.0 Å². The summed E-state index contributed by atoms with van der Waals surface area (Å²) in [5.41, 5.74) is 24.8. The Labute approximate surface area is 437 Å². The van der Waals surface area contributed by atoms with Crippen LogP contribution < -0.4 is 0 Å². The molecule has 0 bridgehead atoms. The number of fused-ring (bicyclic) bond motifs is 1. The third kappa shape index (κ3) is 10.7. The fraction of sp³-hybridized carbons (Fsp3) is 0.103. The number of aromatic nitrogens is 3. The third-order valence-corrected chi connectivity index (χ3v) is 13.6. The summed E-state index contributed by atoms with van der Waals surface area (Å²) in [6.45, 7) is 6.33. The zero-order chi connectivity index (χ0) is 48.1. The molecule has 0 spiro atoms. The first-order valence-corrected chi connectivity index (χ1v) is 24.6. The number of para-hydroxylation sites is 1. The van der Waals surface area contributed by atoms with Crippen molar-refractivity contribution in [1.82, 2.24) is 15.0 Å². The third-order valence-electron chi connectivity index (χ3n) is 13.6. The smallest absolute Gasteiger partial charge is 0.305 e. The largest absolute Gasteiger partial charge is 3.00 e. The van der Waals surface area contributed by atoms with Crippen LogP contribution in [0.2, 0.25) is 0 Å². The van der Waals surface area contributed by atoms with Gasteiger partial charge in [0.2, 0.25) is 0 Å². The topological polar surface area (TPSA) is 38.7 Å². The van der Waals surface area contributed by atoms with Crippen molar-refractivity contribution in [2.24, 2.45) is 0 Å². The van der Waals surface area contributed by atoms with Crippen molar-refractivity contribution < 1.29 is 20.1 Å². The zero-order valence-electron chi connectivity index (χ0n) is 40.7. The Morgan fingerprint density at radius 3 is 1.68 bits per heavy atom. The molecule has 3 nitrogen and oxygen atoms in total. The molecule has 0 amide bonds. The van der Waals surface area contributed by atoms with E-state index in [2.05, 4.69) is 243 Å². The zero-order valence-corrected chi connectivity index (χ0v) is 43.1. The van der Waals surface area contributed by atoms with E-state index in [0.717, 1.165) is 92.8 Å². The van der Waals surface area contributed by atoms with E-state index in [1.807, 2.05) is 18.5 Å². The number of pyridine rings is 3. The van der Waals surface area contributed by atoms with Crippen LogP contribution >= 0.6 is 0 Å². The molecule has 0 aliphatic carbocycles. The second kappa shape index (κ2) is 21.6. The van der Waals surface area contributed by atoms with Gasteiger partial charge in [-0.1, -0.05) is 175 Å². The molecule has 8 aromatic carbocycles. The Morgan fingerprint density at radius 1 is 0.375 bits per heavy atom. The summed E-state index contributed by atoms with van der Waals surface area (Å²) < 4.78 is 0. The summed E-state index contributed by atoms with van der Waals surface area (Å²) in [5, 5.41) is 1.17. The van der Waals surface area contributed by atoms with Gasteiger partial charge in [-0.05, 0) is 113 Å². The van der Waals surface area contributed by atoms with Gasteiger partial charge in [0.15, 0.2) is 0 Å². The van der Waals surface area contributed by atoms with Gasteiger partial charge in [-0.15, -0.1) is 94.5 Å². The van der Waals surface area contributed by atoms with E-state index in [0.29, 0.717) is 0 Å². The monoisotopic (exact) mass is 1100 g/mol. The van der Waals surface area contributed by atoms with Gasteiger partial charge in [0.25, 0.3) is 0 Å². The number of hydrogen-bond donors (Lipinski definition) is 0. The minimum atomic E-state index is 0. The van der Waals surface area contributed by atoms with Crippen LogP contribution in [0.1, 0.15) is 38.9 Å². The molecule has 0 saturated heterocycles. The molecular weight excluding hydrogens is 1050 g/mol. The number of aryl methyl sites for hydroxylation is 7. The van der Waals surface area contributed by atoms with Crippen LogP contribution in [0.25, 0.3) is 89.2 Å². The minimum absolute atomic E-state index is 0. The first-order valence-electron chi connectivity index (χ1n) is 24.6. The van der Waals surface area contributed by atoms with Crippen LogP contribution in [0.15, 0.2) is 213 Å². The van der Waals surface area contributed by atoms with Crippen molar-refractivity contribution in [2.75, 3.05) is 0 Å². The molecule has 72 heavy (non-hydrogen) atoms. The van der Waals surface area contributed by atoms with Crippen molar-refractivity contribution in [3.8, 4) is 78.3 Å². The van der Waals surface area contributed by atoms with Gasteiger partial charge in [-0.2, -0.15) is 0 Å².